The van der Waals surface area contributed by atoms with Crippen LogP contribution in [0, 0.1) is 11.8 Å². The lowest BCUT2D eigenvalue weighted by Gasteiger charge is -2.33. The smallest absolute Gasteiger partial charge is 0.317 e. The molecule has 5 nitrogen and oxygen atoms in total. The summed E-state index contributed by atoms with van der Waals surface area (Å²) < 4.78 is 0. The largest absolute Gasteiger partial charge is 0.481 e. The van der Waals surface area contributed by atoms with E-state index in [1.165, 1.54) is 19.3 Å². The predicted molar refractivity (Wildman–Crippen MR) is 71.9 cm³/mol. The molecule has 19 heavy (non-hydrogen) atoms. The van der Waals surface area contributed by atoms with Crippen molar-refractivity contribution in [2.24, 2.45) is 11.8 Å². The Bertz CT molecular complexity index is 342. The first kappa shape index (κ1) is 14.2. The molecule has 0 radical (unpaired) electrons. The van der Waals surface area contributed by atoms with E-state index in [1.54, 1.807) is 0 Å². The Kier molecular flexibility index (Phi) is 4.66. The number of carboxylic acids is 1. The maximum Gasteiger partial charge on any atom is 0.317 e. The quantitative estimate of drug-likeness (QED) is 0.802. The molecule has 1 heterocycles. The Morgan fingerprint density at radius 3 is 2.68 bits per heavy atom. The summed E-state index contributed by atoms with van der Waals surface area (Å²) in [6.45, 7) is 3.55. The molecule has 0 bridgehead atoms. The second kappa shape index (κ2) is 6.26. The van der Waals surface area contributed by atoms with Gasteiger partial charge in [0.1, 0.15) is 0 Å². The molecule has 2 aliphatic rings. The number of nitrogens with zero attached hydrogens (tertiary/aromatic N) is 1. The molecular weight excluding hydrogens is 244 g/mol. The van der Waals surface area contributed by atoms with Gasteiger partial charge in [-0.3, -0.25) is 4.79 Å². The third-order valence-corrected chi connectivity index (χ3v) is 4.55. The second-order valence-corrected chi connectivity index (χ2v) is 5.96. The van der Waals surface area contributed by atoms with Gasteiger partial charge in [0.05, 0.1) is 0 Å². The monoisotopic (exact) mass is 268 g/mol. The van der Waals surface area contributed by atoms with Gasteiger partial charge in [-0.05, 0) is 44.4 Å². The second-order valence-electron chi connectivity index (χ2n) is 5.96. The normalized spacial score (nSPS) is 24.9. The van der Waals surface area contributed by atoms with Gasteiger partial charge in [-0.25, -0.2) is 4.79 Å². The van der Waals surface area contributed by atoms with Gasteiger partial charge in [0.15, 0.2) is 0 Å². The minimum Gasteiger partial charge on any atom is -0.481 e. The summed E-state index contributed by atoms with van der Waals surface area (Å²) >= 11 is 0. The molecule has 0 aromatic carbocycles. The zero-order chi connectivity index (χ0) is 13.8. The van der Waals surface area contributed by atoms with Gasteiger partial charge >= 0.3 is 12.0 Å². The van der Waals surface area contributed by atoms with Crippen molar-refractivity contribution in [1.82, 2.24) is 10.2 Å². The molecule has 2 rings (SSSR count). The first-order chi connectivity index (χ1) is 9.06. The summed E-state index contributed by atoms with van der Waals surface area (Å²) in [4.78, 5) is 24.5. The summed E-state index contributed by atoms with van der Waals surface area (Å²) in [5.41, 5.74) is 0. The molecule has 2 unspecified atom stereocenters. The van der Waals surface area contributed by atoms with E-state index in [0.717, 1.165) is 13.0 Å². The lowest BCUT2D eigenvalue weighted by Crippen LogP contribution is -2.46. The number of amides is 2. The van der Waals surface area contributed by atoms with Crippen LogP contribution >= 0.6 is 0 Å². The molecule has 1 saturated heterocycles. The van der Waals surface area contributed by atoms with E-state index in [-0.39, 0.29) is 18.5 Å². The molecule has 1 saturated carbocycles. The highest BCUT2D eigenvalue weighted by Crippen LogP contribution is 2.29. The van der Waals surface area contributed by atoms with Crippen molar-refractivity contribution in [2.45, 2.75) is 51.5 Å². The molecule has 1 aliphatic heterocycles. The third-order valence-electron chi connectivity index (χ3n) is 4.55. The number of carboxylic acid groups (broad SMARTS) is 1. The Morgan fingerprint density at radius 1 is 1.37 bits per heavy atom. The van der Waals surface area contributed by atoms with Crippen molar-refractivity contribution in [3.05, 3.63) is 0 Å². The van der Waals surface area contributed by atoms with Crippen LogP contribution in [0.25, 0.3) is 0 Å². The molecule has 0 aromatic rings. The number of hydrogen-bond donors (Lipinski definition) is 2. The van der Waals surface area contributed by atoms with E-state index < -0.39 is 5.97 Å². The number of carbonyl (C=O) groups is 2. The predicted octanol–water partition coefficient (Wildman–Crippen LogP) is 2.07. The number of hydrogen-bond acceptors (Lipinski definition) is 2. The van der Waals surface area contributed by atoms with E-state index in [4.69, 9.17) is 5.11 Å². The zero-order valence-electron chi connectivity index (χ0n) is 11.6. The summed E-state index contributed by atoms with van der Waals surface area (Å²) in [5.74, 6) is 0.247. The topological polar surface area (TPSA) is 69.6 Å². The van der Waals surface area contributed by atoms with Crippen LogP contribution in [0.15, 0.2) is 0 Å². The van der Waals surface area contributed by atoms with Crippen LogP contribution in [0.2, 0.25) is 0 Å². The standard InChI is InChI=1S/C14H24N2O3/c1-10(12-3-2-4-12)15-14(19)16-8-7-11(9-16)5-6-13(17)18/h10-12H,2-9H2,1H3,(H,15,19)(H,17,18). The van der Waals surface area contributed by atoms with E-state index in [2.05, 4.69) is 12.2 Å². The van der Waals surface area contributed by atoms with Gasteiger partial charge in [-0.1, -0.05) is 6.42 Å². The number of urea groups is 1. The highest BCUT2D eigenvalue weighted by atomic mass is 16.4. The minimum atomic E-state index is -0.749. The number of nitrogens with one attached hydrogen (secondary N) is 1. The molecule has 2 atom stereocenters. The Morgan fingerprint density at radius 2 is 2.11 bits per heavy atom. The summed E-state index contributed by atoms with van der Waals surface area (Å²) in [5, 5.41) is 11.7. The Hall–Kier alpha value is -1.26. The van der Waals surface area contributed by atoms with Crippen molar-refractivity contribution >= 4 is 12.0 Å². The zero-order valence-corrected chi connectivity index (χ0v) is 11.6. The molecule has 2 fully saturated rings. The number of aliphatic carboxylic acids is 1. The fourth-order valence-corrected chi connectivity index (χ4v) is 2.92. The van der Waals surface area contributed by atoms with Crippen molar-refractivity contribution in [1.29, 1.82) is 0 Å². The Labute approximate surface area is 114 Å². The van der Waals surface area contributed by atoms with Crippen LogP contribution in [0.4, 0.5) is 4.79 Å². The van der Waals surface area contributed by atoms with Crippen molar-refractivity contribution in [2.75, 3.05) is 13.1 Å². The average molecular weight is 268 g/mol. The van der Waals surface area contributed by atoms with Crippen LogP contribution in [0.3, 0.4) is 0 Å². The van der Waals surface area contributed by atoms with Crippen LogP contribution < -0.4 is 5.32 Å². The highest BCUT2D eigenvalue weighted by molar-refractivity contribution is 5.74. The fourth-order valence-electron chi connectivity index (χ4n) is 2.92. The maximum absolute atomic E-state index is 12.1. The summed E-state index contributed by atoms with van der Waals surface area (Å²) in [7, 11) is 0. The maximum atomic E-state index is 12.1. The molecular formula is C14H24N2O3. The lowest BCUT2D eigenvalue weighted by atomic mass is 9.80. The molecule has 0 aromatic heterocycles. The highest BCUT2D eigenvalue weighted by Gasteiger charge is 2.30. The van der Waals surface area contributed by atoms with Crippen molar-refractivity contribution < 1.29 is 14.7 Å². The van der Waals surface area contributed by atoms with Gasteiger partial charge in [-0.2, -0.15) is 0 Å². The SMILES string of the molecule is CC(NC(=O)N1CCC(CCC(=O)O)C1)C1CCC1. The van der Waals surface area contributed by atoms with Crippen molar-refractivity contribution in [3.63, 3.8) is 0 Å². The minimum absolute atomic E-state index is 0.0252. The molecule has 0 spiro atoms. The lowest BCUT2D eigenvalue weighted by molar-refractivity contribution is -0.137. The Balaban J connectivity index is 1.70. The van der Waals surface area contributed by atoms with Gasteiger partial charge in [0, 0.05) is 25.6 Å². The summed E-state index contributed by atoms with van der Waals surface area (Å²) in [6.07, 6.45) is 5.55. The molecule has 1 aliphatic carbocycles. The molecule has 2 N–H and O–H groups in total. The van der Waals surface area contributed by atoms with Gasteiger partial charge < -0.3 is 15.3 Å². The number of carbonyl (C=O) groups excluding carboxylic acids is 1. The van der Waals surface area contributed by atoms with Crippen LogP contribution in [0.5, 0.6) is 0 Å². The van der Waals surface area contributed by atoms with Crippen LogP contribution in [-0.4, -0.2) is 41.1 Å². The third kappa shape index (κ3) is 3.85. The van der Waals surface area contributed by atoms with E-state index >= 15 is 0 Å². The molecule has 5 heteroatoms. The molecule has 108 valence electrons. The molecule has 2 amide bonds. The van der Waals surface area contributed by atoms with E-state index in [1.807, 2.05) is 4.90 Å². The van der Waals surface area contributed by atoms with Gasteiger partial charge in [-0.15, -0.1) is 0 Å². The fraction of sp³-hybridized carbons (Fsp3) is 0.857. The van der Waals surface area contributed by atoms with E-state index in [0.29, 0.717) is 24.8 Å². The van der Waals surface area contributed by atoms with Gasteiger partial charge in [0.2, 0.25) is 0 Å². The van der Waals surface area contributed by atoms with E-state index in [9.17, 15) is 9.59 Å². The first-order valence-electron chi connectivity index (χ1n) is 7.33. The first-order valence-corrected chi connectivity index (χ1v) is 7.33. The number of likely N-dealkylation sites (tertiary alicyclic amines) is 1. The summed E-state index contributed by atoms with van der Waals surface area (Å²) in [6, 6.07) is 0.288. The van der Waals surface area contributed by atoms with Crippen molar-refractivity contribution in [3.8, 4) is 0 Å². The average Bonchev–Trinajstić information content (AvgIpc) is 2.72. The van der Waals surface area contributed by atoms with Crippen LogP contribution in [0.1, 0.15) is 45.4 Å². The van der Waals surface area contributed by atoms with Crippen LogP contribution in [-0.2, 0) is 4.79 Å². The number of rotatable bonds is 5. The van der Waals surface area contributed by atoms with Gasteiger partial charge in [0.25, 0.3) is 0 Å².